The average Bonchev–Trinajstić information content (AvgIpc) is 2.63. The zero-order valence-electron chi connectivity index (χ0n) is 15.5. The standard InChI is InChI=1S/C21H30N2O3/c1-14(2)13-26-19-5-3-16(4-6-19)21(25)23-20(17-11-18(24)12-17)15-7-9-22-10-8-15/h3-6,15,17-18,20,22,24H,1,7-13H2,2H3,(H,23,25)/t17?,18?,20-/m1/s1. The number of nitrogens with one attached hydrogen (secondary N) is 2. The minimum absolute atomic E-state index is 0.0404. The zero-order valence-corrected chi connectivity index (χ0v) is 15.5. The van der Waals surface area contributed by atoms with E-state index in [1.54, 1.807) is 12.1 Å². The molecule has 0 aromatic heterocycles. The van der Waals surface area contributed by atoms with Crippen LogP contribution in [0.25, 0.3) is 0 Å². The van der Waals surface area contributed by atoms with Gasteiger partial charge >= 0.3 is 0 Å². The predicted molar refractivity (Wildman–Crippen MR) is 102 cm³/mol. The van der Waals surface area contributed by atoms with E-state index in [-0.39, 0.29) is 18.1 Å². The van der Waals surface area contributed by atoms with Crippen molar-refractivity contribution in [3.63, 3.8) is 0 Å². The fraction of sp³-hybridized carbons (Fsp3) is 0.571. The average molecular weight is 358 g/mol. The number of aliphatic hydroxyl groups excluding tert-OH is 1. The van der Waals surface area contributed by atoms with Gasteiger partial charge in [-0.1, -0.05) is 6.58 Å². The molecular formula is C21H30N2O3. The summed E-state index contributed by atoms with van der Waals surface area (Å²) < 4.78 is 5.59. The molecule has 2 aliphatic rings. The van der Waals surface area contributed by atoms with E-state index in [0.717, 1.165) is 50.1 Å². The highest BCUT2D eigenvalue weighted by Gasteiger charge is 2.39. The summed E-state index contributed by atoms with van der Waals surface area (Å²) in [5, 5.41) is 16.3. The lowest BCUT2D eigenvalue weighted by Gasteiger charge is -2.43. The summed E-state index contributed by atoms with van der Waals surface area (Å²) in [7, 11) is 0. The van der Waals surface area contributed by atoms with Crippen LogP contribution in [0.3, 0.4) is 0 Å². The summed E-state index contributed by atoms with van der Waals surface area (Å²) in [4.78, 5) is 12.8. The SMILES string of the molecule is C=C(C)COc1ccc(C(=O)N[C@H](C2CCNCC2)C2CC(O)C2)cc1. The summed E-state index contributed by atoms with van der Waals surface area (Å²) in [6, 6.07) is 7.40. The molecule has 26 heavy (non-hydrogen) atoms. The van der Waals surface area contributed by atoms with E-state index < -0.39 is 0 Å². The number of aliphatic hydroxyl groups is 1. The first-order chi connectivity index (χ1) is 12.5. The largest absolute Gasteiger partial charge is 0.489 e. The summed E-state index contributed by atoms with van der Waals surface area (Å²) in [6.45, 7) is 8.22. The zero-order chi connectivity index (χ0) is 18.5. The third-order valence-corrected chi connectivity index (χ3v) is 5.45. The molecule has 3 rings (SSSR count). The van der Waals surface area contributed by atoms with Crippen molar-refractivity contribution in [1.29, 1.82) is 0 Å². The van der Waals surface area contributed by atoms with Crippen molar-refractivity contribution in [2.45, 2.75) is 44.8 Å². The highest BCUT2D eigenvalue weighted by Crippen LogP contribution is 2.36. The number of hydrogen-bond acceptors (Lipinski definition) is 4. The summed E-state index contributed by atoms with van der Waals surface area (Å²) in [5.41, 5.74) is 1.60. The molecule has 2 fully saturated rings. The Hall–Kier alpha value is -1.85. The van der Waals surface area contributed by atoms with Crippen LogP contribution in [0.1, 0.15) is 43.0 Å². The second-order valence-electron chi connectivity index (χ2n) is 7.74. The van der Waals surface area contributed by atoms with Gasteiger partial charge in [-0.15, -0.1) is 0 Å². The molecule has 1 aliphatic carbocycles. The quantitative estimate of drug-likeness (QED) is 0.655. The predicted octanol–water partition coefficient (Wildman–Crippen LogP) is 2.51. The van der Waals surface area contributed by atoms with E-state index in [9.17, 15) is 9.90 Å². The molecule has 1 heterocycles. The van der Waals surface area contributed by atoms with Crippen molar-refractivity contribution in [1.82, 2.24) is 10.6 Å². The maximum absolute atomic E-state index is 12.8. The molecule has 1 atom stereocenters. The molecule has 5 heteroatoms. The molecule has 142 valence electrons. The first kappa shape index (κ1) is 18.9. The number of amides is 1. The maximum Gasteiger partial charge on any atom is 0.251 e. The minimum atomic E-state index is -0.203. The Morgan fingerprint density at radius 3 is 2.50 bits per heavy atom. The number of carbonyl (C=O) groups is 1. The number of hydrogen-bond donors (Lipinski definition) is 3. The van der Waals surface area contributed by atoms with Crippen molar-refractivity contribution < 1.29 is 14.6 Å². The summed E-state index contributed by atoms with van der Waals surface area (Å²) in [5.74, 6) is 1.56. The number of benzene rings is 1. The van der Waals surface area contributed by atoms with Crippen LogP contribution in [0.15, 0.2) is 36.4 Å². The van der Waals surface area contributed by atoms with Crippen molar-refractivity contribution in [2.75, 3.05) is 19.7 Å². The molecule has 3 N–H and O–H groups in total. The van der Waals surface area contributed by atoms with Gasteiger partial charge in [-0.05, 0) is 87.4 Å². The van der Waals surface area contributed by atoms with Gasteiger partial charge in [-0.25, -0.2) is 0 Å². The molecule has 1 saturated heterocycles. The number of piperidine rings is 1. The van der Waals surface area contributed by atoms with Crippen LogP contribution in [0, 0.1) is 11.8 Å². The Bertz CT molecular complexity index is 617. The lowest BCUT2D eigenvalue weighted by atomic mass is 9.71. The highest BCUT2D eigenvalue weighted by molar-refractivity contribution is 5.94. The van der Waals surface area contributed by atoms with Gasteiger partial charge in [0.15, 0.2) is 0 Å². The van der Waals surface area contributed by atoms with E-state index in [4.69, 9.17) is 4.74 Å². The lowest BCUT2D eigenvalue weighted by molar-refractivity contribution is 0.00919. The normalized spacial score (nSPS) is 24.4. The van der Waals surface area contributed by atoms with Crippen LogP contribution in [0.4, 0.5) is 0 Å². The fourth-order valence-electron chi connectivity index (χ4n) is 3.89. The minimum Gasteiger partial charge on any atom is -0.489 e. The molecule has 1 amide bonds. The topological polar surface area (TPSA) is 70.6 Å². The second-order valence-corrected chi connectivity index (χ2v) is 7.74. The van der Waals surface area contributed by atoms with Gasteiger partial charge in [0.25, 0.3) is 5.91 Å². The van der Waals surface area contributed by atoms with E-state index in [0.29, 0.717) is 24.0 Å². The Kier molecular flexibility index (Phi) is 6.33. The third-order valence-electron chi connectivity index (χ3n) is 5.45. The summed E-state index contributed by atoms with van der Waals surface area (Å²) >= 11 is 0. The lowest BCUT2D eigenvalue weighted by Crippen LogP contribution is -2.52. The van der Waals surface area contributed by atoms with E-state index in [1.165, 1.54) is 0 Å². The van der Waals surface area contributed by atoms with Crippen molar-refractivity contribution in [2.24, 2.45) is 11.8 Å². The van der Waals surface area contributed by atoms with Gasteiger partial charge < -0.3 is 20.5 Å². The molecule has 0 radical (unpaired) electrons. The number of rotatable bonds is 7. The van der Waals surface area contributed by atoms with E-state index >= 15 is 0 Å². The van der Waals surface area contributed by atoms with Crippen LogP contribution in [0.2, 0.25) is 0 Å². The molecule has 0 unspecified atom stereocenters. The second kappa shape index (κ2) is 8.69. The molecule has 0 bridgehead atoms. The van der Waals surface area contributed by atoms with Crippen LogP contribution in [0.5, 0.6) is 5.75 Å². The Balaban J connectivity index is 1.62. The highest BCUT2D eigenvalue weighted by atomic mass is 16.5. The third kappa shape index (κ3) is 4.86. The Labute approximate surface area is 155 Å². The van der Waals surface area contributed by atoms with E-state index in [2.05, 4.69) is 17.2 Å². The molecule has 1 aliphatic heterocycles. The fourth-order valence-corrected chi connectivity index (χ4v) is 3.89. The van der Waals surface area contributed by atoms with E-state index in [1.807, 2.05) is 19.1 Å². The molecular weight excluding hydrogens is 328 g/mol. The van der Waals surface area contributed by atoms with Gasteiger partial charge in [0.05, 0.1) is 6.10 Å². The monoisotopic (exact) mass is 358 g/mol. The molecule has 1 aromatic rings. The van der Waals surface area contributed by atoms with Gasteiger partial charge in [-0.3, -0.25) is 4.79 Å². The van der Waals surface area contributed by atoms with Gasteiger partial charge in [0.1, 0.15) is 12.4 Å². The van der Waals surface area contributed by atoms with Gasteiger partial charge in [0.2, 0.25) is 0 Å². The number of ether oxygens (including phenoxy) is 1. The van der Waals surface area contributed by atoms with Crippen LogP contribution >= 0.6 is 0 Å². The molecule has 0 spiro atoms. The Morgan fingerprint density at radius 1 is 1.27 bits per heavy atom. The van der Waals surface area contributed by atoms with Crippen LogP contribution in [-0.2, 0) is 0 Å². The molecule has 1 saturated carbocycles. The van der Waals surface area contributed by atoms with Crippen LogP contribution < -0.4 is 15.4 Å². The van der Waals surface area contributed by atoms with Crippen molar-refractivity contribution in [3.05, 3.63) is 42.0 Å². The van der Waals surface area contributed by atoms with Crippen LogP contribution in [-0.4, -0.2) is 42.9 Å². The van der Waals surface area contributed by atoms with Gasteiger partial charge in [0, 0.05) is 11.6 Å². The first-order valence-corrected chi connectivity index (χ1v) is 9.60. The van der Waals surface area contributed by atoms with Gasteiger partial charge in [-0.2, -0.15) is 0 Å². The van der Waals surface area contributed by atoms with Crippen molar-refractivity contribution >= 4 is 5.91 Å². The summed E-state index contributed by atoms with van der Waals surface area (Å²) in [6.07, 6.45) is 3.53. The molecule has 1 aromatic carbocycles. The smallest absolute Gasteiger partial charge is 0.251 e. The first-order valence-electron chi connectivity index (χ1n) is 9.60. The number of carbonyl (C=O) groups excluding carboxylic acids is 1. The molecule has 5 nitrogen and oxygen atoms in total. The van der Waals surface area contributed by atoms with Crippen molar-refractivity contribution in [3.8, 4) is 5.75 Å². The Morgan fingerprint density at radius 2 is 1.92 bits per heavy atom. The maximum atomic E-state index is 12.8.